The van der Waals surface area contributed by atoms with E-state index in [2.05, 4.69) is 17.4 Å². The maximum atomic E-state index is 12.4. The molecule has 0 saturated carbocycles. The molecule has 0 spiro atoms. The number of nitrogens with one attached hydrogen (secondary N) is 1. The van der Waals surface area contributed by atoms with Crippen LogP contribution in [0.5, 0.6) is 5.75 Å². The summed E-state index contributed by atoms with van der Waals surface area (Å²) >= 11 is 10.2. The van der Waals surface area contributed by atoms with Crippen LogP contribution in [0.25, 0.3) is 0 Å². The lowest BCUT2D eigenvalue weighted by Gasteiger charge is -2.21. The van der Waals surface area contributed by atoms with Crippen LogP contribution in [0.3, 0.4) is 0 Å². The second-order valence-electron chi connectivity index (χ2n) is 7.15. The number of ether oxygens (including phenoxy) is 1. The maximum Gasteiger partial charge on any atom is 0.262 e. The Labute approximate surface area is 189 Å². The lowest BCUT2D eigenvalue weighted by molar-refractivity contribution is -0.118. The fourth-order valence-electron chi connectivity index (χ4n) is 3.43. The van der Waals surface area contributed by atoms with Crippen LogP contribution in [-0.4, -0.2) is 36.5 Å². The molecule has 0 unspecified atom stereocenters. The SMILES string of the molecule is O=C(COc1ccc(C2SCCCS2)cc1)Nc1cc(N2CCCC2=O)ccc1Cl. The van der Waals surface area contributed by atoms with Crippen LogP contribution >= 0.6 is 35.1 Å². The van der Waals surface area contributed by atoms with Gasteiger partial charge in [-0.15, -0.1) is 23.5 Å². The van der Waals surface area contributed by atoms with Crippen molar-refractivity contribution in [2.45, 2.75) is 23.8 Å². The lowest BCUT2D eigenvalue weighted by Crippen LogP contribution is -2.24. The van der Waals surface area contributed by atoms with E-state index >= 15 is 0 Å². The standard InChI is InChI=1S/C22H23ClN2O3S2/c23-18-9-6-16(25-10-1-3-21(25)27)13-19(18)24-20(26)14-28-17-7-4-15(5-8-17)22-29-11-2-12-30-22/h4-9,13,22H,1-3,10-12,14H2,(H,24,26). The van der Waals surface area contributed by atoms with Gasteiger partial charge in [0.25, 0.3) is 5.91 Å². The summed E-state index contributed by atoms with van der Waals surface area (Å²) in [5.41, 5.74) is 2.50. The molecule has 2 aliphatic heterocycles. The number of thioether (sulfide) groups is 2. The Balaban J connectivity index is 1.33. The minimum Gasteiger partial charge on any atom is -0.484 e. The topological polar surface area (TPSA) is 58.6 Å². The van der Waals surface area contributed by atoms with Crippen molar-refractivity contribution in [3.63, 3.8) is 0 Å². The van der Waals surface area contributed by atoms with Crippen LogP contribution in [0.1, 0.15) is 29.4 Å². The Morgan fingerprint density at radius 1 is 1.13 bits per heavy atom. The van der Waals surface area contributed by atoms with Crippen molar-refractivity contribution in [2.75, 3.05) is 34.9 Å². The summed E-state index contributed by atoms with van der Waals surface area (Å²) in [5.74, 6) is 2.84. The second kappa shape index (κ2) is 9.98. The first-order chi connectivity index (χ1) is 14.6. The van der Waals surface area contributed by atoms with Crippen LogP contribution < -0.4 is 15.0 Å². The van der Waals surface area contributed by atoms with E-state index in [0.29, 0.717) is 34.0 Å². The number of hydrogen-bond donors (Lipinski definition) is 1. The molecule has 8 heteroatoms. The van der Waals surface area contributed by atoms with E-state index in [1.807, 2.05) is 35.7 Å². The minimum absolute atomic E-state index is 0.0893. The molecule has 4 rings (SSSR count). The van der Waals surface area contributed by atoms with Crippen molar-refractivity contribution in [1.29, 1.82) is 0 Å². The number of benzene rings is 2. The van der Waals surface area contributed by atoms with E-state index in [4.69, 9.17) is 16.3 Å². The Kier molecular flexibility index (Phi) is 7.12. The average Bonchev–Trinajstić information content (AvgIpc) is 3.21. The van der Waals surface area contributed by atoms with Gasteiger partial charge in [0.15, 0.2) is 6.61 Å². The number of rotatable bonds is 6. The highest BCUT2D eigenvalue weighted by Gasteiger charge is 2.22. The van der Waals surface area contributed by atoms with E-state index in [1.165, 1.54) is 23.5 Å². The first-order valence-electron chi connectivity index (χ1n) is 9.96. The molecule has 2 heterocycles. The van der Waals surface area contributed by atoms with Gasteiger partial charge in [-0.3, -0.25) is 9.59 Å². The Morgan fingerprint density at radius 2 is 1.90 bits per heavy atom. The number of halogens is 1. The largest absolute Gasteiger partial charge is 0.484 e. The first kappa shape index (κ1) is 21.4. The fraction of sp³-hybridized carbons (Fsp3) is 0.364. The summed E-state index contributed by atoms with van der Waals surface area (Å²) in [7, 11) is 0. The molecule has 2 amide bonds. The predicted molar refractivity (Wildman–Crippen MR) is 126 cm³/mol. The number of anilines is 2. The number of hydrogen-bond acceptors (Lipinski definition) is 5. The van der Waals surface area contributed by atoms with Gasteiger partial charge in [0.1, 0.15) is 5.75 Å². The molecule has 0 atom stereocenters. The summed E-state index contributed by atoms with van der Waals surface area (Å²) in [6.45, 7) is 0.570. The number of carbonyl (C=O) groups excluding carboxylic acids is 2. The summed E-state index contributed by atoms with van der Waals surface area (Å²) < 4.78 is 6.12. The van der Waals surface area contributed by atoms with Crippen molar-refractivity contribution >= 4 is 58.3 Å². The van der Waals surface area contributed by atoms with Crippen molar-refractivity contribution in [2.24, 2.45) is 0 Å². The molecule has 2 aromatic rings. The van der Waals surface area contributed by atoms with Gasteiger partial charge in [0.2, 0.25) is 5.91 Å². The first-order valence-corrected chi connectivity index (χ1v) is 12.4. The lowest BCUT2D eigenvalue weighted by atomic mass is 10.2. The Bertz CT molecular complexity index is 917. The van der Waals surface area contributed by atoms with E-state index in [1.54, 1.807) is 23.1 Å². The molecule has 1 N–H and O–H groups in total. The van der Waals surface area contributed by atoms with Gasteiger partial charge in [0, 0.05) is 18.7 Å². The van der Waals surface area contributed by atoms with Gasteiger partial charge in [-0.25, -0.2) is 0 Å². The zero-order valence-corrected chi connectivity index (χ0v) is 18.8. The van der Waals surface area contributed by atoms with E-state index in [0.717, 1.165) is 12.1 Å². The van der Waals surface area contributed by atoms with Crippen LogP contribution in [0.4, 0.5) is 11.4 Å². The molecule has 0 bridgehead atoms. The summed E-state index contributed by atoms with van der Waals surface area (Å²) in [6, 6.07) is 13.2. The molecule has 30 heavy (non-hydrogen) atoms. The number of nitrogens with zero attached hydrogens (tertiary/aromatic N) is 1. The number of amides is 2. The molecular weight excluding hydrogens is 440 g/mol. The third-order valence-electron chi connectivity index (χ3n) is 4.96. The zero-order valence-electron chi connectivity index (χ0n) is 16.4. The minimum atomic E-state index is -0.302. The average molecular weight is 463 g/mol. The maximum absolute atomic E-state index is 12.4. The molecule has 2 aromatic carbocycles. The van der Waals surface area contributed by atoms with Crippen LogP contribution in [0.15, 0.2) is 42.5 Å². The molecular formula is C22H23ClN2O3S2. The monoisotopic (exact) mass is 462 g/mol. The van der Waals surface area contributed by atoms with Gasteiger partial charge < -0.3 is 15.0 Å². The molecule has 0 radical (unpaired) electrons. The van der Waals surface area contributed by atoms with Crippen LogP contribution in [0, 0.1) is 0 Å². The molecule has 0 aromatic heterocycles. The van der Waals surface area contributed by atoms with Gasteiger partial charge in [-0.1, -0.05) is 23.7 Å². The third-order valence-corrected chi connectivity index (χ3v) is 8.30. The van der Waals surface area contributed by atoms with E-state index < -0.39 is 0 Å². The highest BCUT2D eigenvalue weighted by atomic mass is 35.5. The molecule has 2 saturated heterocycles. The quantitative estimate of drug-likeness (QED) is 0.626. The molecule has 158 valence electrons. The summed E-state index contributed by atoms with van der Waals surface area (Å²) in [6.07, 6.45) is 2.66. The van der Waals surface area contributed by atoms with Crippen LogP contribution in [-0.2, 0) is 9.59 Å². The Morgan fingerprint density at radius 3 is 2.60 bits per heavy atom. The smallest absolute Gasteiger partial charge is 0.262 e. The van der Waals surface area contributed by atoms with E-state index in [9.17, 15) is 9.59 Å². The molecule has 5 nitrogen and oxygen atoms in total. The highest BCUT2D eigenvalue weighted by Crippen LogP contribution is 2.43. The number of carbonyl (C=O) groups is 2. The van der Waals surface area contributed by atoms with E-state index in [-0.39, 0.29) is 18.4 Å². The molecule has 2 aliphatic rings. The summed E-state index contributed by atoms with van der Waals surface area (Å²) in [4.78, 5) is 26.0. The highest BCUT2D eigenvalue weighted by molar-refractivity contribution is 8.16. The van der Waals surface area contributed by atoms with Crippen molar-refractivity contribution < 1.29 is 14.3 Å². The van der Waals surface area contributed by atoms with Gasteiger partial charge in [0.05, 0.1) is 15.3 Å². The molecule has 0 aliphatic carbocycles. The zero-order chi connectivity index (χ0) is 20.9. The van der Waals surface area contributed by atoms with Gasteiger partial charge >= 0.3 is 0 Å². The third kappa shape index (κ3) is 5.25. The van der Waals surface area contributed by atoms with Gasteiger partial charge in [-0.05, 0) is 60.2 Å². The summed E-state index contributed by atoms with van der Waals surface area (Å²) in [5, 5.41) is 3.20. The van der Waals surface area contributed by atoms with Crippen LogP contribution in [0.2, 0.25) is 5.02 Å². The van der Waals surface area contributed by atoms with Gasteiger partial charge in [-0.2, -0.15) is 0 Å². The predicted octanol–water partition coefficient (Wildman–Crippen LogP) is 5.35. The second-order valence-corrected chi connectivity index (χ2v) is 10.3. The van der Waals surface area contributed by atoms with Crippen molar-refractivity contribution in [3.05, 3.63) is 53.1 Å². The fourth-order valence-corrected chi connectivity index (χ4v) is 6.49. The van der Waals surface area contributed by atoms with Crippen molar-refractivity contribution in [3.8, 4) is 5.75 Å². The van der Waals surface area contributed by atoms with Crippen molar-refractivity contribution in [1.82, 2.24) is 0 Å². The molecule has 2 fully saturated rings. The Hall–Kier alpha value is -1.83. The normalized spacial score (nSPS) is 17.2.